The first-order chi connectivity index (χ1) is 26.9. The van der Waals surface area contributed by atoms with Crippen LogP contribution in [0.3, 0.4) is 0 Å². The molecule has 4 amide bonds. The minimum atomic E-state index is -0.870. The topological polar surface area (TPSA) is 174 Å². The first-order valence-electron chi connectivity index (χ1n) is 17.6. The third-order valence-corrected chi connectivity index (χ3v) is 11.9. The second-order valence-corrected chi connectivity index (χ2v) is 20.5. The summed E-state index contributed by atoms with van der Waals surface area (Å²) in [6, 6.07) is 11.4. The van der Waals surface area contributed by atoms with Crippen LogP contribution in [0.5, 0.6) is 0 Å². The molecule has 312 valence electrons. The van der Waals surface area contributed by atoms with E-state index in [0.717, 1.165) is 46.2 Å². The number of rotatable bonds is 18. The standard InChI is InChI=1S/C12H12N2O4S2.C10H14N2OS2.C7H15NOS2.C2H7N.C2H6S.H2P2S/c15-10-4-5-11(16)14(10)18-12(17)6-8-19-20-9-3-1-2-7-13-9;1-2-11-9(13)6-8-14-15-10-5-3-4-7-12-10;1-3-8-7(9)5-6-11-10-4-2;3*1-2-3/h1-3,7H,4-6,8H2;3-5,7H,2,6,8H2,1H3,(H,11,13);3-6H2,1-2H3,(H,8,9);2-3H2,1H3;3H,2H2,1H3;1H2/p+1/i/hD. The summed E-state index contributed by atoms with van der Waals surface area (Å²) in [6.45, 7) is 11.2. The highest BCUT2D eigenvalue weighted by molar-refractivity contribution is 8.77. The van der Waals surface area contributed by atoms with Gasteiger partial charge in [0, 0.05) is 74.2 Å². The predicted molar refractivity (Wildman–Crippen MR) is 254 cm³/mol. The van der Waals surface area contributed by atoms with Gasteiger partial charge in [-0.1, -0.05) is 76.1 Å². The first kappa shape index (κ1) is 56.3. The number of nitrogens with zero attached hydrogens (tertiary/aromatic N) is 3. The average Bonchev–Trinajstić information content (AvgIpc) is 3.48. The lowest BCUT2D eigenvalue weighted by molar-refractivity contribution is -0.197. The molecule has 55 heavy (non-hydrogen) atoms. The van der Waals surface area contributed by atoms with Gasteiger partial charge in [-0.2, -0.15) is 12.6 Å². The normalized spacial score (nSPS) is 11.5. The molecule has 2 unspecified atom stereocenters. The van der Waals surface area contributed by atoms with Crippen LogP contribution < -0.4 is 16.4 Å². The van der Waals surface area contributed by atoms with Gasteiger partial charge in [-0.15, -0.1) is 5.06 Å². The van der Waals surface area contributed by atoms with Crippen molar-refractivity contribution in [3.05, 3.63) is 48.8 Å². The molecular weight excluding hydrogens is 895 g/mol. The summed E-state index contributed by atoms with van der Waals surface area (Å²) in [5, 5.41) is 7.94. The molecular formula is C33H57N6O6P2S8+. The lowest BCUT2D eigenvalue weighted by Crippen LogP contribution is -2.32. The van der Waals surface area contributed by atoms with Gasteiger partial charge < -0.3 is 21.2 Å². The Kier molecular flexibility index (Phi) is 47.0. The van der Waals surface area contributed by atoms with Gasteiger partial charge in [0.1, 0.15) is 10.1 Å². The predicted octanol–water partition coefficient (Wildman–Crippen LogP) is 7.90. The number of thiol groups is 1. The van der Waals surface area contributed by atoms with Crippen LogP contribution in [-0.4, -0.2) is 94.3 Å². The SMILES string of the molecule is CCN.CCNC(=O)CCSSCC.CCNC(=O)CCSSc1ccccn1.CCS.O=C(CCSSc1ccccn1)ON1C(=O)CCC1=O.[2H][P+](P)=S. The van der Waals surface area contributed by atoms with Crippen LogP contribution in [0.25, 0.3) is 0 Å². The molecule has 3 rings (SSSR count). The minimum Gasteiger partial charge on any atom is -0.356 e. The van der Waals surface area contributed by atoms with Gasteiger partial charge in [0.05, 0.1) is 15.3 Å². The van der Waals surface area contributed by atoms with Crippen LogP contribution in [0, 0.1) is 0 Å². The number of hydroxylamine groups is 2. The summed E-state index contributed by atoms with van der Waals surface area (Å²) in [6.07, 6.45) is 5.02. The van der Waals surface area contributed by atoms with Gasteiger partial charge in [0.15, 0.2) is 18.8 Å². The van der Waals surface area contributed by atoms with E-state index in [1.807, 2.05) is 64.1 Å². The Labute approximate surface area is 367 Å². The number of imide groups is 1. The lowest BCUT2D eigenvalue weighted by Gasteiger charge is -2.12. The second kappa shape index (κ2) is 45.9. The first-order valence-corrected chi connectivity index (χ1v) is 28.4. The third kappa shape index (κ3) is 41.2. The largest absolute Gasteiger partial charge is 0.356 e. The Morgan fingerprint density at radius 3 is 1.62 bits per heavy atom. The van der Waals surface area contributed by atoms with Gasteiger partial charge in [0.2, 0.25) is 11.8 Å². The van der Waals surface area contributed by atoms with Crippen molar-refractivity contribution >= 4 is 135 Å². The number of pyridine rings is 2. The van der Waals surface area contributed by atoms with Crippen molar-refractivity contribution in [3.63, 3.8) is 0 Å². The Morgan fingerprint density at radius 1 is 0.855 bits per heavy atom. The molecule has 2 aromatic heterocycles. The van der Waals surface area contributed by atoms with E-state index in [4.69, 9.17) is 11.8 Å². The number of amides is 4. The maximum Gasteiger partial charge on any atom is 0.355 e. The van der Waals surface area contributed by atoms with Gasteiger partial charge >= 0.3 is 7.25 Å². The number of hydrogen-bond donors (Lipinski definition) is 4. The highest BCUT2D eigenvalue weighted by atomic mass is 33.1. The molecule has 0 spiro atoms. The van der Waals surface area contributed by atoms with Gasteiger partial charge in [-0.25, -0.2) is 14.8 Å². The van der Waals surface area contributed by atoms with Crippen LogP contribution in [0.4, 0.5) is 0 Å². The molecule has 2 atom stereocenters. The molecule has 0 saturated carbocycles. The summed E-state index contributed by atoms with van der Waals surface area (Å²) in [5.41, 5.74) is 4.85. The van der Waals surface area contributed by atoms with E-state index in [2.05, 4.69) is 60.9 Å². The number of nitrogens with two attached hydrogens (primary N) is 1. The Morgan fingerprint density at radius 2 is 1.25 bits per heavy atom. The van der Waals surface area contributed by atoms with E-state index in [1.165, 1.54) is 21.6 Å². The van der Waals surface area contributed by atoms with Crippen molar-refractivity contribution in [3.8, 4) is 0 Å². The van der Waals surface area contributed by atoms with Crippen LogP contribution in [0.1, 0.15) is 66.7 Å². The molecule has 1 aliphatic heterocycles. The molecule has 1 saturated heterocycles. The number of carbonyl (C=O) groups excluding carboxylic acids is 5. The zero-order valence-corrected chi connectivity index (χ0v) is 40.7. The fourth-order valence-electron chi connectivity index (χ4n) is 2.91. The molecule has 2 aromatic rings. The summed E-state index contributed by atoms with van der Waals surface area (Å²) < 4.78 is 6.43. The van der Waals surface area contributed by atoms with Crippen LogP contribution in [0.2, 0.25) is 0 Å². The van der Waals surface area contributed by atoms with Gasteiger partial charge in [-0.05, 0) is 72.0 Å². The molecule has 12 nitrogen and oxygen atoms in total. The summed E-state index contributed by atoms with van der Waals surface area (Å²) in [4.78, 5) is 69.0. The molecule has 1 fully saturated rings. The molecule has 0 aromatic carbocycles. The van der Waals surface area contributed by atoms with Crippen LogP contribution in [0.15, 0.2) is 58.8 Å². The fourth-order valence-corrected chi connectivity index (χ4v) is 8.28. The average molecular weight is 953 g/mol. The Hall–Kier alpha value is -0.790. The van der Waals surface area contributed by atoms with Gasteiger partial charge in [-0.3, -0.25) is 19.2 Å². The summed E-state index contributed by atoms with van der Waals surface area (Å²) in [7, 11) is 11.9. The molecule has 0 radical (unpaired) electrons. The summed E-state index contributed by atoms with van der Waals surface area (Å²) in [5.74, 6) is 3.08. The maximum atomic E-state index is 11.5. The van der Waals surface area contributed by atoms with Crippen molar-refractivity contribution in [2.75, 3.05) is 48.4 Å². The Balaban J connectivity index is -0.000000691. The summed E-state index contributed by atoms with van der Waals surface area (Å²) >= 11 is 8.10. The van der Waals surface area contributed by atoms with E-state index in [0.29, 0.717) is 30.2 Å². The van der Waals surface area contributed by atoms with E-state index < -0.39 is 24.8 Å². The smallest absolute Gasteiger partial charge is 0.355 e. The highest BCUT2D eigenvalue weighted by Crippen LogP contribution is 2.30. The van der Waals surface area contributed by atoms with Crippen molar-refractivity contribution in [2.45, 2.75) is 76.8 Å². The zero-order valence-electron chi connectivity index (χ0n) is 33.0. The molecule has 22 heteroatoms. The number of hydrogen-bond acceptors (Lipinski definition) is 17. The van der Waals surface area contributed by atoms with Crippen LogP contribution >= 0.6 is 93.3 Å². The van der Waals surface area contributed by atoms with Crippen molar-refractivity contribution < 1.29 is 28.8 Å². The quantitative estimate of drug-likeness (QED) is 0.0373. The van der Waals surface area contributed by atoms with Crippen molar-refractivity contribution in [2.24, 2.45) is 5.73 Å². The minimum absolute atomic E-state index is 0.108. The molecule has 1 aliphatic rings. The molecule has 0 bridgehead atoms. The van der Waals surface area contributed by atoms with E-state index in [1.54, 1.807) is 55.6 Å². The second-order valence-electron chi connectivity index (χ2n) is 9.41. The van der Waals surface area contributed by atoms with Crippen molar-refractivity contribution in [1.29, 1.82) is 1.28 Å². The van der Waals surface area contributed by atoms with Crippen molar-refractivity contribution in [1.82, 2.24) is 25.7 Å². The molecule has 3 heterocycles. The maximum absolute atomic E-state index is 11.5. The number of nitrogens with one attached hydrogen (secondary N) is 2. The van der Waals surface area contributed by atoms with Gasteiger partial charge in [0.25, 0.3) is 11.8 Å². The monoisotopic (exact) mass is 952 g/mol. The molecule has 0 aliphatic carbocycles. The number of carbonyl (C=O) groups is 5. The zero-order chi connectivity index (χ0) is 42.8. The van der Waals surface area contributed by atoms with E-state index >= 15 is 0 Å². The fraction of sp³-hybridized carbons (Fsp3) is 0.545. The van der Waals surface area contributed by atoms with E-state index in [-0.39, 0.29) is 31.1 Å². The van der Waals surface area contributed by atoms with Crippen LogP contribution in [-0.2, 0) is 40.6 Å². The number of aromatic nitrogens is 2. The highest BCUT2D eigenvalue weighted by Gasteiger charge is 2.32. The third-order valence-electron chi connectivity index (χ3n) is 4.93. The van der Waals surface area contributed by atoms with E-state index in [9.17, 15) is 24.0 Å². The Bertz CT molecular complexity index is 1300. The molecule has 4 N–H and O–H groups in total. The lowest BCUT2D eigenvalue weighted by atomic mass is 10.4.